The van der Waals surface area contributed by atoms with Gasteiger partial charge < -0.3 is 0 Å². The molecule has 23 heavy (non-hydrogen) atoms. The predicted octanol–water partition coefficient (Wildman–Crippen LogP) is 5.19. The summed E-state index contributed by atoms with van der Waals surface area (Å²) in [5, 5.41) is 0. The predicted molar refractivity (Wildman–Crippen MR) is 107 cm³/mol. The van der Waals surface area contributed by atoms with Crippen molar-refractivity contribution in [2.24, 2.45) is 17.8 Å². The van der Waals surface area contributed by atoms with E-state index >= 15 is 0 Å². The van der Waals surface area contributed by atoms with Crippen molar-refractivity contribution in [2.45, 2.75) is 93.3 Å². The number of rotatable bonds is 3. The Kier molecular flexibility index (Phi) is 3.95. The molecule has 2 radical (unpaired) electrons. The molecule has 0 aromatic heterocycles. The molecule has 1 heterocycles. The minimum atomic E-state index is -1.09. The first-order valence-electron chi connectivity index (χ1n) is 10.1. The van der Waals surface area contributed by atoms with Crippen LogP contribution in [0.25, 0.3) is 0 Å². The summed E-state index contributed by atoms with van der Waals surface area (Å²) in [6.07, 6.45) is 11.2. The summed E-state index contributed by atoms with van der Waals surface area (Å²) in [4.78, 5) is 0. The van der Waals surface area contributed by atoms with Crippen LogP contribution in [0.1, 0.15) is 44.9 Å². The first kappa shape index (κ1) is 17.4. The minimum absolute atomic E-state index is 0.0661. The van der Waals surface area contributed by atoms with Crippen molar-refractivity contribution in [3.05, 3.63) is 0 Å². The van der Waals surface area contributed by atoms with Crippen LogP contribution in [0.15, 0.2) is 0 Å². The molecule has 0 aromatic carbocycles. The zero-order valence-electron chi connectivity index (χ0n) is 16.3. The third kappa shape index (κ3) is 2.54. The number of nitrogens with zero attached hydrogens (tertiary/aromatic N) is 1. The second-order valence-electron chi connectivity index (χ2n) is 11.6. The van der Waals surface area contributed by atoms with Crippen LogP contribution in [0.3, 0.4) is 0 Å². The SMILES string of the molecule is C[Si](C)(C)[C]1([Si](C)(C)C)CC[N](C23CC4CC(CC(C4)C2)C3)[Ge]1. The zero-order chi connectivity index (χ0) is 16.7. The Morgan fingerprint density at radius 3 is 1.57 bits per heavy atom. The Balaban J connectivity index is 1.63. The van der Waals surface area contributed by atoms with Crippen molar-refractivity contribution < 1.29 is 0 Å². The molecule has 1 saturated heterocycles. The van der Waals surface area contributed by atoms with Gasteiger partial charge in [-0.25, -0.2) is 0 Å². The van der Waals surface area contributed by atoms with Gasteiger partial charge in [0.2, 0.25) is 0 Å². The van der Waals surface area contributed by atoms with Crippen LogP contribution in [-0.2, 0) is 0 Å². The van der Waals surface area contributed by atoms with Crippen LogP contribution < -0.4 is 0 Å². The molecule has 0 N–H and O–H groups in total. The summed E-state index contributed by atoms with van der Waals surface area (Å²) < 4.78 is 4.08. The molecular weight excluding hydrogens is 371 g/mol. The van der Waals surface area contributed by atoms with Crippen LogP contribution in [0.2, 0.25) is 42.8 Å². The van der Waals surface area contributed by atoms with Gasteiger partial charge in [-0.3, -0.25) is 0 Å². The second kappa shape index (κ2) is 5.23. The average Bonchev–Trinajstić information content (AvgIpc) is 2.82. The summed E-state index contributed by atoms with van der Waals surface area (Å²) in [6.45, 7) is 17.7. The van der Waals surface area contributed by atoms with Crippen LogP contribution in [0.4, 0.5) is 0 Å². The van der Waals surface area contributed by atoms with Gasteiger partial charge in [-0.2, -0.15) is 0 Å². The van der Waals surface area contributed by atoms with E-state index in [4.69, 9.17) is 0 Å². The summed E-state index contributed by atoms with van der Waals surface area (Å²) in [5.74, 6) is 3.34. The molecule has 0 amide bonds. The van der Waals surface area contributed by atoms with Crippen molar-refractivity contribution in [1.82, 2.24) is 3.86 Å². The van der Waals surface area contributed by atoms with E-state index in [2.05, 4.69) is 43.1 Å². The number of hydrogen-bond acceptors (Lipinski definition) is 1. The summed E-state index contributed by atoms with van der Waals surface area (Å²) in [7, 11) is -2.18. The van der Waals surface area contributed by atoms with E-state index in [-0.39, 0.29) is 15.7 Å². The Labute approximate surface area is 153 Å². The molecule has 130 valence electrons. The third-order valence-electron chi connectivity index (χ3n) is 8.18. The van der Waals surface area contributed by atoms with Gasteiger partial charge in [0.15, 0.2) is 0 Å². The first-order valence-corrected chi connectivity index (χ1v) is 19.1. The van der Waals surface area contributed by atoms with Crippen molar-refractivity contribution in [3.8, 4) is 0 Å². The van der Waals surface area contributed by atoms with Gasteiger partial charge in [0.1, 0.15) is 0 Å². The summed E-state index contributed by atoms with van der Waals surface area (Å²) in [5.41, 5.74) is 0.704. The van der Waals surface area contributed by atoms with E-state index in [1.165, 1.54) is 6.54 Å². The maximum atomic E-state index is 3.22. The molecular formula is C19H37GeNSi2. The van der Waals surface area contributed by atoms with E-state index in [0.29, 0.717) is 5.54 Å². The van der Waals surface area contributed by atoms with Gasteiger partial charge in [0.25, 0.3) is 0 Å². The van der Waals surface area contributed by atoms with E-state index in [1.807, 2.05) is 0 Å². The fourth-order valence-corrected chi connectivity index (χ4v) is 27.6. The monoisotopic (exact) mass is 409 g/mol. The molecule has 5 aliphatic rings. The van der Waals surface area contributed by atoms with Crippen LogP contribution in [0.5, 0.6) is 0 Å². The van der Waals surface area contributed by atoms with Crippen molar-refractivity contribution in [1.29, 1.82) is 0 Å². The van der Waals surface area contributed by atoms with E-state index in [0.717, 1.165) is 21.2 Å². The van der Waals surface area contributed by atoms with Gasteiger partial charge in [0.05, 0.1) is 0 Å². The molecule has 5 rings (SSSR count). The van der Waals surface area contributed by atoms with Gasteiger partial charge in [-0.15, -0.1) is 0 Å². The summed E-state index contributed by atoms with van der Waals surface area (Å²) in [6, 6.07) is 0. The molecule has 0 unspecified atom stereocenters. The Bertz CT molecular complexity index is 441. The van der Waals surface area contributed by atoms with Gasteiger partial charge >= 0.3 is 153 Å². The van der Waals surface area contributed by atoms with Crippen LogP contribution in [-0.4, -0.2) is 47.7 Å². The fraction of sp³-hybridized carbons (Fsp3) is 1.00. The fourth-order valence-electron chi connectivity index (χ4n) is 7.58. The van der Waals surface area contributed by atoms with Crippen LogP contribution in [0, 0.1) is 17.8 Å². The van der Waals surface area contributed by atoms with Gasteiger partial charge in [-0.1, -0.05) is 0 Å². The zero-order valence-corrected chi connectivity index (χ0v) is 20.4. The Morgan fingerprint density at radius 2 is 1.22 bits per heavy atom. The van der Waals surface area contributed by atoms with Gasteiger partial charge in [-0.05, 0) is 0 Å². The molecule has 1 nitrogen and oxygen atoms in total. The number of hydrogen-bond donors (Lipinski definition) is 0. The molecule has 0 atom stereocenters. The third-order valence-corrected chi connectivity index (χ3v) is 32.3. The molecule has 4 bridgehead atoms. The molecule has 0 aromatic rings. The van der Waals surface area contributed by atoms with E-state index in [1.54, 1.807) is 44.9 Å². The quantitative estimate of drug-likeness (QED) is 0.581. The molecule has 4 heteroatoms. The molecule has 4 aliphatic carbocycles. The van der Waals surface area contributed by atoms with Crippen LogP contribution >= 0.6 is 0 Å². The first-order chi connectivity index (χ1) is 10.5. The van der Waals surface area contributed by atoms with Crippen molar-refractivity contribution in [3.63, 3.8) is 0 Å². The maximum absolute atomic E-state index is 3.22. The second-order valence-corrected chi connectivity index (χ2v) is 28.3. The van der Waals surface area contributed by atoms with E-state index < -0.39 is 16.1 Å². The Morgan fingerprint density at radius 1 is 0.783 bits per heavy atom. The molecule has 0 spiro atoms. The standard InChI is InChI=1S/C19H37GeNSi2/c1-22(2,3)19(23(4,5)6)7-8-21(20-19)18-12-15-9-16(13-18)11-17(10-15)14-18/h15-17H,7-14H2,1-6H3. The average molecular weight is 408 g/mol. The molecule has 5 fully saturated rings. The molecule has 1 aliphatic heterocycles. The van der Waals surface area contributed by atoms with Gasteiger partial charge in [0, 0.05) is 0 Å². The topological polar surface area (TPSA) is 3.24 Å². The normalized spacial score (nSPS) is 43.3. The van der Waals surface area contributed by atoms with E-state index in [9.17, 15) is 0 Å². The van der Waals surface area contributed by atoms with Crippen molar-refractivity contribution >= 4 is 31.8 Å². The van der Waals surface area contributed by atoms with Crippen molar-refractivity contribution in [2.75, 3.05) is 6.54 Å². The Hall–Kier alpha value is 0.937. The summed E-state index contributed by atoms with van der Waals surface area (Å²) >= 11 is 0.0661. The molecule has 4 saturated carbocycles.